The van der Waals surface area contributed by atoms with Gasteiger partial charge in [-0.15, -0.1) is 0 Å². The molecule has 0 spiro atoms. The average molecular weight is 325 g/mol. The number of ether oxygens (including phenoxy) is 1. The van der Waals surface area contributed by atoms with Crippen molar-refractivity contribution < 1.29 is 9.53 Å². The monoisotopic (exact) mass is 325 g/mol. The van der Waals surface area contributed by atoms with Crippen molar-refractivity contribution in [1.82, 2.24) is 15.2 Å². The predicted molar refractivity (Wildman–Crippen MR) is 95.7 cm³/mol. The lowest BCUT2D eigenvalue weighted by Gasteiger charge is -2.25. The lowest BCUT2D eigenvalue weighted by atomic mass is 10.1. The second-order valence-corrected chi connectivity index (χ2v) is 5.62. The Morgan fingerprint density at radius 2 is 2.17 bits per heavy atom. The molecule has 2 aromatic rings. The van der Waals surface area contributed by atoms with Gasteiger partial charge in [-0.2, -0.15) is 0 Å². The minimum absolute atomic E-state index is 0.0656. The molecule has 1 unspecified atom stereocenters. The third-order valence-electron chi connectivity index (χ3n) is 3.68. The minimum Gasteiger partial charge on any atom is -0.497 e. The van der Waals surface area contributed by atoms with Crippen LogP contribution in [0, 0.1) is 0 Å². The molecular formula is C19H23N3O2. The Morgan fingerprint density at radius 3 is 2.83 bits per heavy atom. The van der Waals surface area contributed by atoms with Crippen molar-refractivity contribution in [2.75, 3.05) is 27.7 Å². The fourth-order valence-corrected chi connectivity index (χ4v) is 2.35. The molecule has 24 heavy (non-hydrogen) atoms. The van der Waals surface area contributed by atoms with E-state index in [0.29, 0.717) is 6.54 Å². The number of aromatic nitrogens is 1. The molecule has 2 rings (SSSR count). The molecule has 0 saturated heterocycles. The summed E-state index contributed by atoms with van der Waals surface area (Å²) in [5, 5.41) is 2.94. The molecule has 1 N–H and O–H groups in total. The summed E-state index contributed by atoms with van der Waals surface area (Å²) < 4.78 is 5.27. The summed E-state index contributed by atoms with van der Waals surface area (Å²) >= 11 is 0. The van der Waals surface area contributed by atoms with Gasteiger partial charge in [0.05, 0.1) is 13.2 Å². The second kappa shape index (κ2) is 8.84. The average Bonchev–Trinajstić information content (AvgIpc) is 2.61. The van der Waals surface area contributed by atoms with Gasteiger partial charge in [-0.25, -0.2) is 0 Å². The normalized spacial score (nSPS) is 12.3. The molecule has 126 valence electrons. The van der Waals surface area contributed by atoms with E-state index < -0.39 is 0 Å². The zero-order valence-corrected chi connectivity index (χ0v) is 14.3. The molecule has 0 aliphatic rings. The Kier molecular flexibility index (Phi) is 6.51. The number of nitrogens with one attached hydrogen (secondary N) is 1. The first kappa shape index (κ1) is 17.7. The first-order valence-electron chi connectivity index (χ1n) is 7.76. The third kappa shape index (κ3) is 5.21. The highest BCUT2D eigenvalue weighted by Crippen LogP contribution is 2.22. The van der Waals surface area contributed by atoms with Crippen LogP contribution in [0.1, 0.15) is 17.2 Å². The molecular weight excluding hydrogens is 302 g/mol. The van der Waals surface area contributed by atoms with Gasteiger partial charge in [-0.1, -0.05) is 18.2 Å². The number of amides is 1. The van der Waals surface area contributed by atoms with Crippen molar-refractivity contribution in [2.45, 2.75) is 6.04 Å². The van der Waals surface area contributed by atoms with Gasteiger partial charge in [0, 0.05) is 25.0 Å². The molecule has 0 fully saturated rings. The van der Waals surface area contributed by atoms with Gasteiger partial charge < -0.3 is 15.0 Å². The molecule has 5 nitrogen and oxygen atoms in total. The van der Waals surface area contributed by atoms with E-state index >= 15 is 0 Å². The Bertz CT molecular complexity index is 684. The Hall–Kier alpha value is -2.66. The summed E-state index contributed by atoms with van der Waals surface area (Å²) in [7, 11) is 5.62. The van der Waals surface area contributed by atoms with E-state index in [4.69, 9.17) is 4.74 Å². The number of methoxy groups -OCH3 is 1. The molecule has 0 aliphatic carbocycles. The Labute approximate surface area is 143 Å². The maximum Gasteiger partial charge on any atom is 0.244 e. The first-order valence-corrected chi connectivity index (χ1v) is 7.76. The number of nitrogens with zero attached hydrogens (tertiary/aromatic N) is 2. The molecule has 1 heterocycles. The van der Waals surface area contributed by atoms with E-state index in [9.17, 15) is 4.79 Å². The van der Waals surface area contributed by atoms with Crippen LogP contribution >= 0.6 is 0 Å². The van der Waals surface area contributed by atoms with E-state index in [1.165, 1.54) is 6.08 Å². The van der Waals surface area contributed by atoms with E-state index in [1.807, 2.05) is 50.5 Å². The summed E-state index contributed by atoms with van der Waals surface area (Å²) in [6, 6.07) is 11.7. The first-order chi connectivity index (χ1) is 11.6. The van der Waals surface area contributed by atoms with Crippen LogP contribution < -0.4 is 10.1 Å². The molecule has 5 heteroatoms. The lowest BCUT2D eigenvalue weighted by Crippen LogP contribution is -2.33. The van der Waals surface area contributed by atoms with Gasteiger partial charge in [0.1, 0.15) is 5.75 Å². The van der Waals surface area contributed by atoms with Gasteiger partial charge in [-0.05, 0) is 49.5 Å². The Morgan fingerprint density at radius 1 is 1.33 bits per heavy atom. The highest BCUT2D eigenvalue weighted by Gasteiger charge is 2.15. The predicted octanol–water partition coefficient (Wildman–Crippen LogP) is 2.52. The smallest absolute Gasteiger partial charge is 0.244 e. The zero-order chi connectivity index (χ0) is 17.4. The SMILES string of the molecule is COc1cccc(C(CNC(=O)/C=C/c2cccnc2)N(C)C)c1. The summed E-state index contributed by atoms with van der Waals surface area (Å²) in [6.45, 7) is 0.510. The molecule has 0 radical (unpaired) electrons. The Balaban J connectivity index is 1.98. The van der Waals surface area contributed by atoms with Crippen molar-refractivity contribution in [3.63, 3.8) is 0 Å². The number of hydrogen-bond donors (Lipinski definition) is 1. The zero-order valence-electron chi connectivity index (χ0n) is 14.3. The number of carbonyl (C=O) groups is 1. The highest BCUT2D eigenvalue weighted by atomic mass is 16.5. The third-order valence-corrected chi connectivity index (χ3v) is 3.68. The van der Waals surface area contributed by atoms with Gasteiger partial charge >= 0.3 is 0 Å². The molecule has 0 bridgehead atoms. The maximum atomic E-state index is 12.0. The van der Waals surface area contributed by atoms with Crippen LogP contribution in [0.3, 0.4) is 0 Å². The molecule has 1 atom stereocenters. The molecule has 1 amide bonds. The van der Waals surface area contributed by atoms with Crippen molar-refractivity contribution in [3.05, 3.63) is 66.0 Å². The van der Waals surface area contributed by atoms with Crippen LogP contribution in [0.5, 0.6) is 5.75 Å². The van der Waals surface area contributed by atoms with Crippen LogP contribution in [-0.2, 0) is 4.79 Å². The van der Waals surface area contributed by atoms with E-state index in [-0.39, 0.29) is 11.9 Å². The molecule has 1 aromatic carbocycles. The van der Waals surface area contributed by atoms with Gasteiger partial charge in [0.15, 0.2) is 0 Å². The van der Waals surface area contributed by atoms with Crippen molar-refractivity contribution in [1.29, 1.82) is 0 Å². The van der Waals surface area contributed by atoms with E-state index in [2.05, 4.69) is 15.2 Å². The number of hydrogen-bond acceptors (Lipinski definition) is 4. The van der Waals surface area contributed by atoms with Crippen LogP contribution in [0.2, 0.25) is 0 Å². The number of carbonyl (C=O) groups excluding carboxylic acids is 1. The second-order valence-electron chi connectivity index (χ2n) is 5.62. The van der Waals surface area contributed by atoms with Crippen molar-refractivity contribution in [3.8, 4) is 5.75 Å². The van der Waals surface area contributed by atoms with Gasteiger partial charge in [0.2, 0.25) is 5.91 Å². The number of rotatable bonds is 7. The number of benzene rings is 1. The largest absolute Gasteiger partial charge is 0.497 e. The number of likely N-dealkylation sites (N-methyl/N-ethyl adjacent to an activating group) is 1. The van der Waals surface area contributed by atoms with Crippen LogP contribution in [0.25, 0.3) is 6.08 Å². The summed E-state index contributed by atoms with van der Waals surface area (Å²) in [4.78, 5) is 18.1. The van der Waals surface area contributed by atoms with Crippen LogP contribution in [0.15, 0.2) is 54.9 Å². The van der Waals surface area contributed by atoms with E-state index in [1.54, 1.807) is 25.6 Å². The lowest BCUT2D eigenvalue weighted by molar-refractivity contribution is -0.116. The van der Waals surface area contributed by atoms with Gasteiger partial charge in [-0.3, -0.25) is 9.78 Å². The highest BCUT2D eigenvalue weighted by molar-refractivity contribution is 5.91. The molecule has 1 aromatic heterocycles. The van der Waals surface area contributed by atoms with Crippen LogP contribution in [0.4, 0.5) is 0 Å². The standard InChI is InChI=1S/C19H23N3O2/c1-22(2)18(16-7-4-8-17(12-16)24-3)14-21-19(23)10-9-15-6-5-11-20-13-15/h4-13,18H,14H2,1-3H3,(H,21,23)/b10-9+. The molecule has 0 aliphatic heterocycles. The topological polar surface area (TPSA) is 54.5 Å². The van der Waals surface area contributed by atoms with E-state index in [0.717, 1.165) is 16.9 Å². The molecule has 0 saturated carbocycles. The van der Waals surface area contributed by atoms with Crippen LogP contribution in [-0.4, -0.2) is 43.5 Å². The van der Waals surface area contributed by atoms with Gasteiger partial charge in [0.25, 0.3) is 0 Å². The summed E-state index contributed by atoms with van der Waals surface area (Å²) in [5.74, 6) is 0.677. The fraction of sp³-hybridized carbons (Fsp3) is 0.263. The quantitative estimate of drug-likeness (QED) is 0.795. The maximum absolute atomic E-state index is 12.0. The van der Waals surface area contributed by atoms with Crippen molar-refractivity contribution in [2.24, 2.45) is 0 Å². The summed E-state index contributed by atoms with van der Waals surface area (Å²) in [5.41, 5.74) is 1.99. The summed E-state index contributed by atoms with van der Waals surface area (Å²) in [6.07, 6.45) is 6.68. The number of pyridine rings is 1. The van der Waals surface area contributed by atoms with Crippen molar-refractivity contribution >= 4 is 12.0 Å². The minimum atomic E-state index is -0.131. The fourth-order valence-electron chi connectivity index (χ4n) is 2.35.